The van der Waals surface area contributed by atoms with Gasteiger partial charge >= 0.3 is 5.97 Å². The third-order valence-corrected chi connectivity index (χ3v) is 4.54. The van der Waals surface area contributed by atoms with Crippen LogP contribution in [0, 0.1) is 11.3 Å². The first-order valence-electron chi connectivity index (χ1n) is 7.78. The third-order valence-electron chi connectivity index (χ3n) is 4.54. The third kappa shape index (κ3) is 4.45. The molecule has 4 nitrogen and oxygen atoms in total. The number of carbonyl (C=O) groups is 1. The summed E-state index contributed by atoms with van der Waals surface area (Å²) in [7, 11) is 0. The fraction of sp³-hybridized carbons (Fsp3) is 0.938. The highest BCUT2D eigenvalue weighted by atomic mass is 16.6. The van der Waals surface area contributed by atoms with Crippen molar-refractivity contribution < 1.29 is 14.3 Å². The number of esters is 1. The van der Waals surface area contributed by atoms with Crippen LogP contribution in [0.2, 0.25) is 0 Å². The first-order chi connectivity index (χ1) is 9.24. The molecule has 0 amide bonds. The summed E-state index contributed by atoms with van der Waals surface area (Å²) in [5.74, 6) is 0.405. The SMILES string of the molecule is CCOC(=O)C(C)OC1(CN)CCC(C(C)(C)C)CC1. The van der Waals surface area contributed by atoms with E-state index in [0.29, 0.717) is 24.5 Å². The Kier molecular flexibility index (Phi) is 6.02. The second kappa shape index (κ2) is 6.90. The van der Waals surface area contributed by atoms with Gasteiger partial charge < -0.3 is 15.2 Å². The van der Waals surface area contributed by atoms with Crippen LogP contribution < -0.4 is 5.73 Å². The van der Waals surface area contributed by atoms with Crippen molar-refractivity contribution in [3.63, 3.8) is 0 Å². The maximum absolute atomic E-state index is 11.7. The van der Waals surface area contributed by atoms with Gasteiger partial charge in [0.2, 0.25) is 0 Å². The van der Waals surface area contributed by atoms with Gasteiger partial charge in [0.1, 0.15) is 0 Å². The summed E-state index contributed by atoms with van der Waals surface area (Å²) < 4.78 is 11.0. The number of hydrogen-bond donors (Lipinski definition) is 1. The van der Waals surface area contributed by atoms with Crippen molar-refractivity contribution in [1.82, 2.24) is 0 Å². The Hall–Kier alpha value is -0.610. The van der Waals surface area contributed by atoms with E-state index in [0.717, 1.165) is 25.7 Å². The minimum atomic E-state index is -0.537. The highest BCUT2D eigenvalue weighted by molar-refractivity contribution is 5.74. The molecule has 118 valence electrons. The lowest BCUT2D eigenvalue weighted by molar-refractivity contribution is -0.172. The Morgan fingerprint density at radius 2 is 1.90 bits per heavy atom. The molecule has 1 atom stereocenters. The molecule has 0 aromatic heterocycles. The molecule has 1 aliphatic carbocycles. The summed E-state index contributed by atoms with van der Waals surface area (Å²) in [6.45, 7) is 11.3. The second-order valence-corrected chi connectivity index (χ2v) is 7.04. The van der Waals surface area contributed by atoms with Crippen LogP contribution in [0.25, 0.3) is 0 Å². The van der Waals surface area contributed by atoms with Crippen LogP contribution in [0.1, 0.15) is 60.3 Å². The minimum Gasteiger partial charge on any atom is -0.464 e. The number of carbonyl (C=O) groups excluding carboxylic acids is 1. The normalized spacial score (nSPS) is 29.0. The summed E-state index contributed by atoms with van der Waals surface area (Å²) in [4.78, 5) is 11.7. The summed E-state index contributed by atoms with van der Waals surface area (Å²) in [6, 6.07) is 0. The largest absolute Gasteiger partial charge is 0.464 e. The summed E-state index contributed by atoms with van der Waals surface area (Å²) in [5.41, 5.74) is 5.91. The van der Waals surface area contributed by atoms with Crippen LogP contribution in [0.3, 0.4) is 0 Å². The average molecular weight is 285 g/mol. The van der Waals surface area contributed by atoms with Gasteiger partial charge in [-0.2, -0.15) is 0 Å². The Morgan fingerprint density at radius 3 is 2.30 bits per heavy atom. The van der Waals surface area contributed by atoms with Crippen molar-refractivity contribution >= 4 is 5.97 Å². The van der Waals surface area contributed by atoms with Crippen molar-refractivity contribution in [2.45, 2.75) is 72.0 Å². The van der Waals surface area contributed by atoms with Crippen LogP contribution in [0.15, 0.2) is 0 Å². The minimum absolute atomic E-state index is 0.293. The summed E-state index contributed by atoms with van der Waals surface area (Å²) >= 11 is 0. The molecule has 4 heteroatoms. The van der Waals surface area contributed by atoms with Crippen LogP contribution in [0.5, 0.6) is 0 Å². The van der Waals surface area contributed by atoms with E-state index < -0.39 is 6.10 Å². The summed E-state index contributed by atoms with van der Waals surface area (Å²) in [5, 5.41) is 0. The summed E-state index contributed by atoms with van der Waals surface area (Å²) in [6.07, 6.45) is 3.53. The van der Waals surface area contributed by atoms with Gasteiger partial charge in [0.25, 0.3) is 0 Å². The van der Waals surface area contributed by atoms with E-state index in [-0.39, 0.29) is 11.6 Å². The van der Waals surface area contributed by atoms with Crippen molar-refractivity contribution in [2.24, 2.45) is 17.1 Å². The second-order valence-electron chi connectivity index (χ2n) is 7.04. The quantitative estimate of drug-likeness (QED) is 0.789. The fourth-order valence-electron chi connectivity index (χ4n) is 3.06. The van der Waals surface area contributed by atoms with Gasteiger partial charge in [-0.15, -0.1) is 0 Å². The van der Waals surface area contributed by atoms with Crippen molar-refractivity contribution in [3.05, 3.63) is 0 Å². The Bertz CT molecular complexity index is 314. The molecule has 1 fully saturated rings. The van der Waals surface area contributed by atoms with Gasteiger partial charge in [-0.1, -0.05) is 20.8 Å². The zero-order chi connectivity index (χ0) is 15.4. The smallest absolute Gasteiger partial charge is 0.334 e. The molecule has 2 N–H and O–H groups in total. The molecule has 0 saturated heterocycles. The molecule has 0 aromatic rings. The lowest BCUT2D eigenvalue weighted by Gasteiger charge is -2.44. The van der Waals surface area contributed by atoms with Gasteiger partial charge in [-0.3, -0.25) is 0 Å². The van der Waals surface area contributed by atoms with E-state index in [4.69, 9.17) is 15.2 Å². The lowest BCUT2D eigenvalue weighted by Crippen LogP contribution is -2.48. The molecule has 0 heterocycles. The van der Waals surface area contributed by atoms with Crippen LogP contribution >= 0.6 is 0 Å². The maximum atomic E-state index is 11.7. The van der Waals surface area contributed by atoms with Gasteiger partial charge in [0.05, 0.1) is 12.2 Å². The molecule has 0 bridgehead atoms. The first-order valence-corrected chi connectivity index (χ1v) is 7.78. The molecule has 1 aliphatic rings. The first kappa shape index (κ1) is 17.4. The Morgan fingerprint density at radius 1 is 1.35 bits per heavy atom. The lowest BCUT2D eigenvalue weighted by atomic mass is 9.68. The van der Waals surface area contributed by atoms with Crippen LogP contribution in [-0.2, 0) is 14.3 Å². The molecule has 0 aromatic carbocycles. The molecule has 0 aliphatic heterocycles. The van der Waals surface area contributed by atoms with Crippen molar-refractivity contribution in [3.8, 4) is 0 Å². The Labute approximate surface area is 123 Å². The number of hydrogen-bond acceptors (Lipinski definition) is 4. The standard InChI is InChI=1S/C16H31NO3/c1-6-19-14(18)12(2)20-16(11-17)9-7-13(8-10-16)15(3,4)5/h12-13H,6-11,17H2,1-5H3. The molecule has 20 heavy (non-hydrogen) atoms. The van der Waals surface area contributed by atoms with Crippen LogP contribution in [0.4, 0.5) is 0 Å². The van der Waals surface area contributed by atoms with E-state index in [9.17, 15) is 4.79 Å². The number of rotatable bonds is 5. The van der Waals surface area contributed by atoms with Gasteiger partial charge in [0.15, 0.2) is 6.10 Å². The van der Waals surface area contributed by atoms with Gasteiger partial charge in [-0.25, -0.2) is 4.79 Å². The fourth-order valence-corrected chi connectivity index (χ4v) is 3.06. The van der Waals surface area contributed by atoms with Crippen molar-refractivity contribution in [1.29, 1.82) is 0 Å². The zero-order valence-corrected chi connectivity index (χ0v) is 13.7. The molecular weight excluding hydrogens is 254 g/mol. The number of nitrogens with two attached hydrogens (primary N) is 1. The van der Waals surface area contributed by atoms with E-state index in [1.807, 2.05) is 0 Å². The van der Waals surface area contributed by atoms with Crippen molar-refractivity contribution in [2.75, 3.05) is 13.2 Å². The average Bonchev–Trinajstić information content (AvgIpc) is 2.38. The van der Waals surface area contributed by atoms with Gasteiger partial charge in [0, 0.05) is 6.54 Å². The predicted molar refractivity (Wildman–Crippen MR) is 80.4 cm³/mol. The zero-order valence-electron chi connectivity index (χ0n) is 13.7. The van der Waals surface area contributed by atoms with Gasteiger partial charge in [-0.05, 0) is 50.9 Å². The monoisotopic (exact) mass is 285 g/mol. The molecule has 1 rings (SSSR count). The molecule has 0 radical (unpaired) electrons. The highest BCUT2D eigenvalue weighted by Gasteiger charge is 2.40. The van der Waals surface area contributed by atoms with E-state index >= 15 is 0 Å². The van der Waals surface area contributed by atoms with E-state index in [2.05, 4.69) is 20.8 Å². The molecule has 1 unspecified atom stereocenters. The number of ether oxygens (including phenoxy) is 2. The predicted octanol–water partition coefficient (Wildman–Crippen LogP) is 2.89. The molecule has 1 saturated carbocycles. The Balaban J connectivity index is 2.60. The topological polar surface area (TPSA) is 61.5 Å². The highest BCUT2D eigenvalue weighted by Crippen LogP contribution is 2.42. The molecular formula is C16H31NO3. The van der Waals surface area contributed by atoms with Crippen LogP contribution in [-0.4, -0.2) is 30.8 Å². The van der Waals surface area contributed by atoms with E-state index in [1.165, 1.54) is 0 Å². The maximum Gasteiger partial charge on any atom is 0.334 e. The molecule has 0 spiro atoms. The van der Waals surface area contributed by atoms with E-state index in [1.54, 1.807) is 13.8 Å².